The fraction of sp³-hybridized carbons (Fsp3) is 0.212. The van der Waals surface area contributed by atoms with Crippen molar-refractivity contribution in [1.82, 2.24) is 10.2 Å². The minimum atomic E-state index is -4.16. The molecular weight excluding hydrogens is 650 g/mol. The van der Waals surface area contributed by atoms with Crippen LogP contribution in [0.4, 0.5) is 5.69 Å². The summed E-state index contributed by atoms with van der Waals surface area (Å²) in [7, 11) is -4.16. The minimum absolute atomic E-state index is 0.0405. The van der Waals surface area contributed by atoms with Gasteiger partial charge in [0.2, 0.25) is 11.8 Å². The Labute approximate surface area is 266 Å². The van der Waals surface area contributed by atoms with Gasteiger partial charge in [-0.25, -0.2) is 8.42 Å². The number of halogens is 2. The molecule has 7 nitrogen and oxygen atoms in total. The van der Waals surface area contributed by atoms with Crippen LogP contribution in [0.15, 0.2) is 119 Å². The number of nitrogens with zero attached hydrogens (tertiary/aromatic N) is 2. The molecule has 0 bridgehead atoms. The zero-order valence-corrected chi connectivity index (χ0v) is 26.9. The van der Waals surface area contributed by atoms with Crippen LogP contribution in [-0.2, 0) is 32.6 Å². The van der Waals surface area contributed by atoms with E-state index in [0.717, 1.165) is 26.3 Å². The Morgan fingerprint density at radius 2 is 1.44 bits per heavy atom. The van der Waals surface area contributed by atoms with Gasteiger partial charge in [-0.05, 0) is 66.1 Å². The van der Waals surface area contributed by atoms with E-state index in [2.05, 4.69) is 21.2 Å². The average molecular weight is 683 g/mol. The number of hydrogen-bond acceptors (Lipinski definition) is 4. The average Bonchev–Trinajstić information content (AvgIpc) is 3.02. The smallest absolute Gasteiger partial charge is 0.264 e. The molecule has 2 amide bonds. The number of nitrogens with one attached hydrogen (secondary N) is 1. The lowest BCUT2D eigenvalue weighted by atomic mass is 10.0. The number of benzene rings is 4. The van der Waals surface area contributed by atoms with Gasteiger partial charge < -0.3 is 10.2 Å². The van der Waals surface area contributed by atoms with Gasteiger partial charge in [0.1, 0.15) is 12.6 Å². The van der Waals surface area contributed by atoms with Gasteiger partial charge in [0.25, 0.3) is 10.0 Å². The quantitative estimate of drug-likeness (QED) is 0.175. The summed E-state index contributed by atoms with van der Waals surface area (Å²) in [5, 5.41) is 3.37. The Kier molecular flexibility index (Phi) is 11.4. The normalized spacial score (nSPS) is 11.9. The molecule has 0 aromatic heterocycles. The lowest BCUT2D eigenvalue weighted by Gasteiger charge is -2.34. The van der Waals surface area contributed by atoms with E-state index in [1.165, 1.54) is 17.0 Å². The van der Waals surface area contributed by atoms with Gasteiger partial charge in [0.05, 0.1) is 10.6 Å². The molecule has 224 valence electrons. The third-order valence-electron chi connectivity index (χ3n) is 6.81. The number of carbonyl (C=O) groups excluding carboxylic acids is 2. The van der Waals surface area contributed by atoms with Crippen molar-refractivity contribution < 1.29 is 18.0 Å². The number of rotatable bonds is 13. The van der Waals surface area contributed by atoms with Crippen molar-refractivity contribution in [1.29, 1.82) is 0 Å². The number of anilines is 1. The molecule has 0 spiro atoms. The van der Waals surface area contributed by atoms with E-state index in [4.69, 9.17) is 11.6 Å². The Bertz CT molecular complexity index is 1600. The van der Waals surface area contributed by atoms with Gasteiger partial charge in [0.15, 0.2) is 0 Å². The second kappa shape index (κ2) is 15.2. The van der Waals surface area contributed by atoms with Crippen LogP contribution in [0.1, 0.15) is 24.5 Å². The molecule has 10 heteroatoms. The molecule has 0 radical (unpaired) electrons. The Hall–Kier alpha value is -3.66. The Morgan fingerprint density at radius 3 is 2.05 bits per heavy atom. The van der Waals surface area contributed by atoms with Crippen LogP contribution in [0.5, 0.6) is 0 Å². The van der Waals surface area contributed by atoms with E-state index in [0.29, 0.717) is 11.6 Å². The number of amides is 2. The molecule has 0 saturated heterocycles. The van der Waals surface area contributed by atoms with E-state index in [1.54, 1.807) is 42.5 Å². The van der Waals surface area contributed by atoms with Gasteiger partial charge in [0, 0.05) is 29.0 Å². The molecule has 0 heterocycles. The van der Waals surface area contributed by atoms with Crippen molar-refractivity contribution in [3.05, 3.63) is 130 Å². The van der Waals surface area contributed by atoms with E-state index in [-0.39, 0.29) is 29.5 Å². The molecule has 1 atom stereocenters. The van der Waals surface area contributed by atoms with Gasteiger partial charge in [-0.2, -0.15) is 0 Å². The second-order valence-corrected chi connectivity index (χ2v) is 13.2. The first-order valence-electron chi connectivity index (χ1n) is 13.9. The summed E-state index contributed by atoms with van der Waals surface area (Å²) < 4.78 is 29.8. The van der Waals surface area contributed by atoms with E-state index in [1.807, 2.05) is 61.5 Å². The summed E-state index contributed by atoms with van der Waals surface area (Å²) in [5.74, 6) is -0.829. The highest BCUT2D eigenvalue weighted by Crippen LogP contribution is 2.26. The highest BCUT2D eigenvalue weighted by atomic mass is 79.9. The third kappa shape index (κ3) is 8.69. The van der Waals surface area contributed by atoms with Crippen LogP contribution in [0, 0.1) is 0 Å². The number of hydrogen-bond donors (Lipinski definition) is 1. The molecule has 4 rings (SSSR count). The molecule has 0 aliphatic carbocycles. The van der Waals surface area contributed by atoms with Gasteiger partial charge in [-0.1, -0.05) is 95.1 Å². The molecular formula is C33H33BrClN3O4S. The molecule has 0 saturated carbocycles. The molecule has 1 unspecified atom stereocenters. The molecule has 4 aromatic carbocycles. The molecule has 0 aliphatic rings. The number of sulfonamides is 1. The van der Waals surface area contributed by atoms with Crippen molar-refractivity contribution in [2.24, 2.45) is 0 Å². The number of carbonyl (C=O) groups is 2. The standard InChI is InChI=1S/C33H33BrClN3O4S/c1-2-21-36-33(40)31(22-25-9-5-3-6-10-25)37(23-26-13-15-27(34)16-14-26)32(39)24-38(29-19-17-28(35)18-20-29)43(41,42)30-11-7-4-8-12-30/h3-20,31H,2,21-24H2,1H3,(H,36,40). The SMILES string of the molecule is CCCNC(=O)C(Cc1ccccc1)N(Cc1ccc(Br)cc1)C(=O)CN(c1ccc(Cl)cc1)S(=O)(=O)c1ccccc1. The van der Waals surface area contributed by atoms with E-state index >= 15 is 0 Å². The molecule has 4 aromatic rings. The third-order valence-corrected chi connectivity index (χ3v) is 9.38. The predicted molar refractivity (Wildman–Crippen MR) is 174 cm³/mol. The zero-order chi connectivity index (χ0) is 30.8. The Morgan fingerprint density at radius 1 is 0.837 bits per heavy atom. The summed E-state index contributed by atoms with van der Waals surface area (Å²) >= 11 is 9.56. The maximum absolute atomic E-state index is 14.4. The second-order valence-electron chi connectivity index (χ2n) is 9.95. The monoisotopic (exact) mass is 681 g/mol. The van der Waals surface area contributed by atoms with Crippen molar-refractivity contribution in [2.75, 3.05) is 17.4 Å². The minimum Gasteiger partial charge on any atom is -0.354 e. The topological polar surface area (TPSA) is 86.8 Å². The van der Waals surface area contributed by atoms with Gasteiger partial charge >= 0.3 is 0 Å². The largest absolute Gasteiger partial charge is 0.354 e. The summed E-state index contributed by atoms with van der Waals surface area (Å²) in [6, 6.07) is 30.2. The predicted octanol–water partition coefficient (Wildman–Crippen LogP) is 6.46. The van der Waals surface area contributed by atoms with Crippen molar-refractivity contribution in [2.45, 2.75) is 37.2 Å². The molecule has 0 aliphatic heterocycles. The first-order valence-corrected chi connectivity index (χ1v) is 16.5. The maximum atomic E-state index is 14.4. The highest BCUT2D eigenvalue weighted by Gasteiger charge is 2.34. The highest BCUT2D eigenvalue weighted by molar-refractivity contribution is 9.10. The van der Waals surface area contributed by atoms with Crippen molar-refractivity contribution >= 4 is 55.1 Å². The van der Waals surface area contributed by atoms with Crippen LogP contribution < -0.4 is 9.62 Å². The van der Waals surface area contributed by atoms with Gasteiger partial charge in [-0.3, -0.25) is 13.9 Å². The van der Waals surface area contributed by atoms with Gasteiger partial charge in [-0.15, -0.1) is 0 Å². The van der Waals surface area contributed by atoms with Crippen molar-refractivity contribution in [3.8, 4) is 0 Å². The summed E-state index contributed by atoms with van der Waals surface area (Å²) in [6.45, 7) is 1.98. The molecule has 1 N–H and O–H groups in total. The first kappa shape index (κ1) is 32.3. The lowest BCUT2D eigenvalue weighted by Crippen LogP contribution is -2.53. The molecule has 43 heavy (non-hydrogen) atoms. The molecule has 0 fully saturated rings. The van der Waals surface area contributed by atoms with Crippen LogP contribution in [0.25, 0.3) is 0 Å². The summed E-state index contributed by atoms with van der Waals surface area (Å²) in [6.07, 6.45) is 0.981. The van der Waals surface area contributed by atoms with Crippen molar-refractivity contribution in [3.63, 3.8) is 0 Å². The zero-order valence-electron chi connectivity index (χ0n) is 23.7. The van der Waals surface area contributed by atoms with E-state index < -0.39 is 28.5 Å². The van der Waals surface area contributed by atoms with Crippen LogP contribution in [0.3, 0.4) is 0 Å². The summed E-state index contributed by atoms with van der Waals surface area (Å²) in [4.78, 5) is 29.5. The van der Waals surface area contributed by atoms with E-state index in [9.17, 15) is 18.0 Å². The lowest BCUT2D eigenvalue weighted by molar-refractivity contribution is -0.140. The fourth-order valence-electron chi connectivity index (χ4n) is 4.56. The summed E-state index contributed by atoms with van der Waals surface area (Å²) in [5.41, 5.74) is 1.95. The van der Waals surface area contributed by atoms with Crippen LogP contribution >= 0.6 is 27.5 Å². The Balaban J connectivity index is 1.78. The first-order chi connectivity index (χ1) is 20.7. The fourth-order valence-corrected chi connectivity index (χ4v) is 6.39. The maximum Gasteiger partial charge on any atom is 0.264 e. The van der Waals surface area contributed by atoms with Crippen LogP contribution in [-0.4, -0.2) is 44.3 Å². The van der Waals surface area contributed by atoms with Crippen LogP contribution in [0.2, 0.25) is 5.02 Å².